The Kier molecular flexibility index (Phi) is 4.88. The number of hydrogen-bond acceptors (Lipinski definition) is 4. The van der Waals surface area contributed by atoms with Gasteiger partial charge >= 0.3 is 5.97 Å². The predicted molar refractivity (Wildman–Crippen MR) is 93.9 cm³/mol. The molecule has 1 N–H and O–H groups in total. The van der Waals surface area contributed by atoms with Crippen LogP contribution in [0, 0.1) is 13.8 Å². The van der Waals surface area contributed by atoms with Gasteiger partial charge in [0.1, 0.15) is 0 Å². The van der Waals surface area contributed by atoms with Gasteiger partial charge in [0.05, 0.1) is 18.5 Å². The molecule has 1 heterocycles. The second kappa shape index (κ2) is 7.09. The molecule has 132 valence electrons. The van der Waals surface area contributed by atoms with Crippen molar-refractivity contribution < 1.29 is 14.3 Å². The Morgan fingerprint density at radius 2 is 1.92 bits per heavy atom. The molecule has 6 heteroatoms. The molecule has 1 aliphatic carbocycles. The molecule has 1 amide bonds. The van der Waals surface area contributed by atoms with Gasteiger partial charge in [-0.25, -0.2) is 4.68 Å². The fourth-order valence-corrected chi connectivity index (χ4v) is 2.87. The number of hydrogen-bond donors (Lipinski definition) is 1. The highest BCUT2D eigenvalue weighted by molar-refractivity contribution is 5.94. The lowest BCUT2D eigenvalue weighted by molar-refractivity contribution is -0.140. The summed E-state index contributed by atoms with van der Waals surface area (Å²) in [6, 6.07) is 7.77. The van der Waals surface area contributed by atoms with Crippen molar-refractivity contribution in [3.63, 3.8) is 0 Å². The third kappa shape index (κ3) is 3.90. The fraction of sp³-hybridized carbons (Fsp3) is 0.421. The summed E-state index contributed by atoms with van der Waals surface area (Å²) in [7, 11) is 1.40. The van der Waals surface area contributed by atoms with Crippen molar-refractivity contribution in [2.75, 3.05) is 7.11 Å². The zero-order chi connectivity index (χ0) is 18.0. The van der Waals surface area contributed by atoms with Crippen molar-refractivity contribution in [1.82, 2.24) is 15.1 Å². The number of methoxy groups -OCH3 is 1. The number of carbonyl (C=O) groups excluding carboxylic acids is 2. The monoisotopic (exact) mass is 341 g/mol. The summed E-state index contributed by atoms with van der Waals surface area (Å²) in [6.07, 6.45) is 3.09. The Hall–Kier alpha value is -2.63. The first-order chi connectivity index (χ1) is 12.0. The van der Waals surface area contributed by atoms with E-state index in [-0.39, 0.29) is 11.9 Å². The van der Waals surface area contributed by atoms with Gasteiger partial charge in [-0.2, -0.15) is 5.10 Å². The molecule has 1 aromatic carbocycles. The number of benzene rings is 1. The zero-order valence-corrected chi connectivity index (χ0v) is 14.8. The third-order valence-electron chi connectivity index (χ3n) is 4.53. The van der Waals surface area contributed by atoms with Gasteiger partial charge in [-0.3, -0.25) is 9.59 Å². The molecule has 0 spiro atoms. The number of carbonyl (C=O) groups is 2. The van der Waals surface area contributed by atoms with E-state index in [1.54, 1.807) is 0 Å². The van der Waals surface area contributed by atoms with E-state index < -0.39 is 0 Å². The van der Waals surface area contributed by atoms with Gasteiger partial charge in [-0.05, 0) is 62.9 Å². The number of aromatic nitrogens is 2. The molecule has 6 nitrogen and oxygen atoms in total. The molecule has 0 aliphatic heterocycles. The number of aryl methyl sites for hydroxylation is 1. The number of ether oxygens (including phenoxy) is 1. The van der Waals surface area contributed by atoms with E-state index in [0.717, 1.165) is 35.5 Å². The van der Waals surface area contributed by atoms with Crippen LogP contribution >= 0.6 is 0 Å². The molecule has 0 unspecified atom stereocenters. The summed E-state index contributed by atoms with van der Waals surface area (Å²) in [6.45, 7) is 3.92. The van der Waals surface area contributed by atoms with Gasteiger partial charge < -0.3 is 10.1 Å². The standard InChI is InChI=1S/C19H23N3O3/c1-12-17(10-11-18(23)25-3)13(2)22(21-12)16-8-4-14(5-9-16)19(24)20-15-6-7-15/h4-5,8-9,15H,6-7,10-11H2,1-3H3,(H,20,24). The summed E-state index contributed by atoms with van der Waals surface area (Å²) in [5, 5.41) is 7.56. The normalized spacial score (nSPS) is 13.6. The van der Waals surface area contributed by atoms with Crippen LogP contribution in [0.5, 0.6) is 0 Å². The highest BCUT2D eigenvalue weighted by Crippen LogP contribution is 2.21. The van der Waals surface area contributed by atoms with Crippen LogP contribution in [0.2, 0.25) is 0 Å². The number of nitrogens with one attached hydrogen (secondary N) is 1. The molecule has 0 saturated heterocycles. The molecule has 0 bridgehead atoms. The Balaban J connectivity index is 1.77. The topological polar surface area (TPSA) is 73.2 Å². The zero-order valence-electron chi connectivity index (χ0n) is 14.8. The average molecular weight is 341 g/mol. The Bertz CT molecular complexity index is 789. The number of rotatable bonds is 6. The number of esters is 1. The highest BCUT2D eigenvalue weighted by Gasteiger charge is 2.23. The molecule has 1 aliphatic rings. The minimum atomic E-state index is -0.224. The van der Waals surface area contributed by atoms with Gasteiger partial charge in [0.25, 0.3) is 5.91 Å². The van der Waals surface area contributed by atoms with Gasteiger partial charge in [-0.1, -0.05) is 0 Å². The van der Waals surface area contributed by atoms with Crippen molar-refractivity contribution >= 4 is 11.9 Å². The van der Waals surface area contributed by atoms with E-state index in [2.05, 4.69) is 10.4 Å². The van der Waals surface area contributed by atoms with Gasteiger partial charge in [0.2, 0.25) is 0 Å². The molecule has 2 aromatic rings. The summed E-state index contributed by atoms with van der Waals surface area (Å²) in [4.78, 5) is 23.4. The van der Waals surface area contributed by atoms with E-state index in [9.17, 15) is 9.59 Å². The molecule has 1 saturated carbocycles. The Labute approximate surface area is 147 Å². The quantitative estimate of drug-likeness (QED) is 0.819. The van der Waals surface area contributed by atoms with Crippen LogP contribution < -0.4 is 5.32 Å². The van der Waals surface area contributed by atoms with Crippen LogP contribution in [-0.2, 0) is 16.0 Å². The second-order valence-corrected chi connectivity index (χ2v) is 6.43. The minimum absolute atomic E-state index is 0.0267. The van der Waals surface area contributed by atoms with Crippen molar-refractivity contribution in [1.29, 1.82) is 0 Å². The number of nitrogens with zero attached hydrogens (tertiary/aromatic N) is 2. The Morgan fingerprint density at radius 3 is 2.52 bits per heavy atom. The maximum absolute atomic E-state index is 12.1. The third-order valence-corrected chi connectivity index (χ3v) is 4.53. The van der Waals surface area contributed by atoms with Crippen LogP contribution in [0.3, 0.4) is 0 Å². The van der Waals surface area contributed by atoms with Crippen LogP contribution in [0.4, 0.5) is 0 Å². The molecular weight excluding hydrogens is 318 g/mol. The summed E-state index contributed by atoms with van der Waals surface area (Å²) in [5.41, 5.74) is 4.51. The van der Waals surface area contributed by atoms with E-state index in [1.807, 2.05) is 42.8 Å². The predicted octanol–water partition coefficient (Wildman–Crippen LogP) is 2.49. The largest absolute Gasteiger partial charge is 0.469 e. The molecular formula is C19H23N3O3. The summed E-state index contributed by atoms with van der Waals surface area (Å²) < 4.78 is 6.56. The average Bonchev–Trinajstić information content (AvgIpc) is 3.38. The van der Waals surface area contributed by atoms with Crippen molar-refractivity contribution in [2.24, 2.45) is 0 Å². The lowest BCUT2D eigenvalue weighted by Gasteiger charge is -2.07. The van der Waals surface area contributed by atoms with Crippen molar-refractivity contribution in [3.05, 3.63) is 46.8 Å². The molecule has 1 fully saturated rings. The molecule has 0 radical (unpaired) electrons. The van der Waals surface area contributed by atoms with Crippen LogP contribution in [-0.4, -0.2) is 34.8 Å². The smallest absolute Gasteiger partial charge is 0.305 e. The lowest BCUT2D eigenvalue weighted by atomic mass is 10.1. The van der Waals surface area contributed by atoms with Gasteiger partial charge in [-0.15, -0.1) is 0 Å². The fourth-order valence-electron chi connectivity index (χ4n) is 2.87. The van der Waals surface area contributed by atoms with E-state index in [4.69, 9.17) is 4.74 Å². The maximum Gasteiger partial charge on any atom is 0.305 e. The van der Waals surface area contributed by atoms with Crippen molar-refractivity contribution in [3.8, 4) is 5.69 Å². The maximum atomic E-state index is 12.1. The SMILES string of the molecule is COC(=O)CCc1c(C)nn(-c2ccc(C(=O)NC3CC3)cc2)c1C. The first-order valence-corrected chi connectivity index (χ1v) is 8.53. The molecule has 1 aromatic heterocycles. The molecule has 25 heavy (non-hydrogen) atoms. The first kappa shape index (κ1) is 17.2. The Morgan fingerprint density at radius 1 is 1.24 bits per heavy atom. The second-order valence-electron chi connectivity index (χ2n) is 6.43. The molecule has 0 atom stereocenters. The minimum Gasteiger partial charge on any atom is -0.469 e. The van der Waals surface area contributed by atoms with Crippen molar-refractivity contribution in [2.45, 2.75) is 45.6 Å². The number of amides is 1. The lowest BCUT2D eigenvalue weighted by Crippen LogP contribution is -2.25. The molecule has 3 rings (SSSR count). The van der Waals surface area contributed by atoms with Crippen LogP contribution in [0.15, 0.2) is 24.3 Å². The van der Waals surface area contributed by atoms with E-state index in [1.165, 1.54) is 7.11 Å². The highest BCUT2D eigenvalue weighted by atomic mass is 16.5. The van der Waals surface area contributed by atoms with E-state index in [0.29, 0.717) is 24.4 Å². The van der Waals surface area contributed by atoms with E-state index >= 15 is 0 Å². The summed E-state index contributed by atoms with van der Waals surface area (Å²) >= 11 is 0. The van der Waals surface area contributed by atoms with Crippen LogP contribution in [0.1, 0.15) is 46.6 Å². The first-order valence-electron chi connectivity index (χ1n) is 8.53. The van der Waals surface area contributed by atoms with Crippen LogP contribution in [0.25, 0.3) is 5.69 Å². The van der Waals surface area contributed by atoms with Gasteiger partial charge in [0, 0.05) is 23.7 Å². The summed E-state index contributed by atoms with van der Waals surface area (Å²) in [5.74, 6) is -0.251. The van der Waals surface area contributed by atoms with Gasteiger partial charge in [0.15, 0.2) is 0 Å².